The summed E-state index contributed by atoms with van der Waals surface area (Å²) in [5.74, 6) is 1.70. The van der Waals surface area contributed by atoms with Gasteiger partial charge in [0.05, 0.1) is 83.5 Å². The molecule has 0 radical (unpaired) electrons. The Hall–Kier alpha value is -2.16. The third-order valence-corrected chi connectivity index (χ3v) is 11.6. The molecule has 1 aromatic rings. The molecule has 3 spiro atoms. The molecule has 13 heteroatoms. The summed E-state index contributed by atoms with van der Waals surface area (Å²) in [4.78, 5) is 28.8. The predicted molar refractivity (Wildman–Crippen MR) is 170 cm³/mol. The Bertz CT molecular complexity index is 1090. The van der Waals surface area contributed by atoms with Crippen LogP contribution in [0.3, 0.4) is 0 Å². The number of nitrogens with one attached hydrogen (secondary N) is 2. The van der Waals surface area contributed by atoms with Crippen molar-refractivity contribution in [3.8, 4) is 0 Å². The molecule has 0 aromatic carbocycles. The molecule has 0 aliphatic carbocycles. The second-order valence-electron chi connectivity index (χ2n) is 14.0. The Morgan fingerprint density at radius 1 is 0.744 bits per heavy atom. The van der Waals surface area contributed by atoms with Crippen molar-refractivity contribution in [1.82, 2.24) is 25.5 Å². The molecule has 5 fully saturated rings. The average molecular weight is 603 g/mol. The molecular formula is C30H56N11O2+3. The molecule has 5 aliphatic heterocycles. The summed E-state index contributed by atoms with van der Waals surface area (Å²) in [6.45, 7) is 29.2. The van der Waals surface area contributed by atoms with Crippen molar-refractivity contribution >= 4 is 17.3 Å². The SMILES string of the molecule is CCCNCCN1CC[N+]2(CC1)CCN(c1nc(C)nc(N3CC[N+]4(CC3)CC[N+]3(CCNCC3)CC4)c1[N+](=O)[O-])CC2. The third-order valence-electron chi connectivity index (χ3n) is 11.6. The molecule has 0 atom stereocenters. The molecule has 5 saturated heterocycles. The lowest BCUT2D eigenvalue weighted by molar-refractivity contribution is -1.03. The van der Waals surface area contributed by atoms with Gasteiger partial charge in [-0.25, -0.2) is 9.97 Å². The number of aromatic nitrogens is 2. The van der Waals surface area contributed by atoms with E-state index in [0.29, 0.717) is 17.5 Å². The summed E-state index contributed by atoms with van der Waals surface area (Å²) >= 11 is 0. The van der Waals surface area contributed by atoms with Gasteiger partial charge in [0.2, 0.25) is 11.6 Å². The second-order valence-corrected chi connectivity index (χ2v) is 14.0. The van der Waals surface area contributed by atoms with Gasteiger partial charge in [0.15, 0.2) is 0 Å². The smallest absolute Gasteiger partial charge is 0.339 e. The van der Waals surface area contributed by atoms with Crippen molar-refractivity contribution in [3.05, 3.63) is 15.9 Å². The van der Waals surface area contributed by atoms with E-state index in [9.17, 15) is 10.1 Å². The van der Waals surface area contributed by atoms with Crippen LogP contribution in [0.5, 0.6) is 0 Å². The van der Waals surface area contributed by atoms with Crippen molar-refractivity contribution in [1.29, 1.82) is 0 Å². The van der Waals surface area contributed by atoms with Crippen LogP contribution in [0.1, 0.15) is 19.2 Å². The highest BCUT2D eigenvalue weighted by atomic mass is 16.6. The third kappa shape index (κ3) is 6.76. The number of nitro groups is 1. The van der Waals surface area contributed by atoms with Gasteiger partial charge in [-0.15, -0.1) is 0 Å². The van der Waals surface area contributed by atoms with Crippen LogP contribution in [0.2, 0.25) is 0 Å². The van der Waals surface area contributed by atoms with Gasteiger partial charge in [0, 0.05) is 39.3 Å². The van der Waals surface area contributed by atoms with E-state index in [1.807, 2.05) is 6.92 Å². The standard InChI is InChI=1S/C30H56N11O2/c1-3-4-31-5-8-35-9-17-40(18-10-35)19-11-36(12-20-40)29-28(38(42)43)30(34-27(2)33-29)37-13-21-41(22-14-37)25-23-39(24-26-41)15-6-32-7-16-39/h31-32H,3-26H2,1-2H3/q+3. The van der Waals surface area contributed by atoms with Crippen LogP contribution >= 0.6 is 0 Å². The van der Waals surface area contributed by atoms with E-state index in [1.165, 1.54) is 63.3 Å². The predicted octanol–water partition coefficient (Wildman–Crippen LogP) is -0.284. The summed E-state index contributed by atoms with van der Waals surface area (Å²) in [6.07, 6.45) is 1.18. The highest BCUT2D eigenvalue weighted by Crippen LogP contribution is 2.37. The Labute approximate surface area is 257 Å². The fourth-order valence-electron chi connectivity index (χ4n) is 8.32. The first-order chi connectivity index (χ1) is 20.8. The first kappa shape index (κ1) is 30.8. The zero-order valence-corrected chi connectivity index (χ0v) is 26.8. The molecule has 5 aliphatic rings. The molecule has 13 nitrogen and oxygen atoms in total. The Balaban J connectivity index is 1.08. The molecule has 2 N–H and O–H groups in total. The Morgan fingerprint density at radius 3 is 1.70 bits per heavy atom. The quantitative estimate of drug-likeness (QED) is 0.180. The fraction of sp³-hybridized carbons (Fsp3) is 0.867. The van der Waals surface area contributed by atoms with Crippen molar-refractivity contribution in [3.63, 3.8) is 0 Å². The Kier molecular flexibility index (Phi) is 9.37. The maximum Gasteiger partial charge on any atom is 0.353 e. The van der Waals surface area contributed by atoms with Crippen molar-refractivity contribution in [2.45, 2.75) is 20.3 Å². The second kappa shape index (κ2) is 13.1. The molecule has 240 valence electrons. The van der Waals surface area contributed by atoms with Crippen LogP contribution in [0.15, 0.2) is 0 Å². The van der Waals surface area contributed by atoms with E-state index >= 15 is 0 Å². The lowest BCUT2D eigenvalue weighted by Crippen LogP contribution is -2.73. The van der Waals surface area contributed by atoms with Crippen molar-refractivity contribution < 1.29 is 18.4 Å². The zero-order valence-electron chi connectivity index (χ0n) is 26.8. The topological polar surface area (TPSA) is 103 Å². The number of anilines is 2. The number of nitrogens with zero attached hydrogens (tertiary/aromatic N) is 9. The lowest BCUT2D eigenvalue weighted by Gasteiger charge is -2.53. The highest BCUT2D eigenvalue weighted by Gasteiger charge is 2.46. The van der Waals surface area contributed by atoms with Crippen molar-refractivity contribution in [2.75, 3.05) is 160 Å². The zero-order chi connectivity index (χ0) is 29.9. The maximum atomic E-state index is 12.6. The van der Waals surface area contributed by atoms with Gasteiger partial charge in [-0.1, -0.05) is 6.92 Å². The van der Waals surface area contributed by atoms with E-state index in [-0.39, 0.29) is 10.6 Å². The molecule has 6 heterocycles. The lowest BCUT2D eigenvalue weighted by atomic mass is 10.1. The van der Waals surface area contributed by atoms with Gasteiger partial charge in [0.25, 0.3) is 0 Å². The number of hydrogen-bond donors (Lipinski definition) is 2. The number of rotatable bonds is 8. The fourth-order valence-corrected chi connectivity index (χ4v) is 8.32. The van der Waals surface area contributed by atoms with Crippen LogP contribution in [-0.2, 0) is 0 Å². The molecule has 0 saturated carbocycles. The molecule has 0 amide bonds. The normalized spacial score (nSPS) is 25.4. The number of quaternary nitrogens is 3. The van der Waals surface area contributed by atoms with E-state index < -0.39 is 0 Å². The van der Waals surface area contributed by atoms with Gasteiger partial charge in [0.1, 0.15) is 32.0 Å². The molecular weight excluding hydrogens is 546 g/mol. The summed E-state index contributed by atoms with van der Waals surface area (Å²) in [6, 6.07) is 0. The van der Waals surface area contributed by atoms with Crippen LogP contribution in [0, 0.1) is 17.0 Å². The first-order valence-electron chi connectivity index (χ1n) is 17.1. The number of hydrogen-bond acceptors (Lipinski definition) is 9. The number of aryl methyl sites for hydroxylation is 1. The molecule has 6 rings (SSSR count). The van der Waals surface area contributed by atoms with Crippen molar-refractivity contribution in [2.24, 2.45) is 0 Å². The van der Waals surface area contributed by atoms with Crippen LogP contribution in [0.25, 0.3) is 0 Å². The molecule has 0 unspecified atom stereocenters. The summed E-state index contributed by atoms with van der Waals surface area (Å²) < 4.78 is 3.57. The van der Waals surface area contributed by atoms with Gasteiger partial charge in [-0.2, -0.15) is 0 Å². The van der Waals surface area contributed by atoms with E-state index in [0.717, 1.165) is 107 Å². The highest BCUT2D eigenvalue weighted by molar-refractivity contribution is 5.72. The molecule has 0 bridgehead atoms. The minimum Gasteiger partial charge on any atom is -0.339 e. The monoisotopic (exact) mass is 602 g/mol. The van der Waals surface area contributed by atoms with Crippen LogP contribution in [0.4, 0.5) is 17.3 Å². The van der Waals surface area contributed by atoms with E-state index in [2.05, 4.69) is 32.3 Å². The molecule has 43 heavy (non-hydrogen) atoms. The van der Waals surface area contributed by atoms with Gasteiger partial charge >= 0.3 is 5.69 Å². The number of piperazine rings is 5. The van der Waals surface area contributed by atoms with Crippen LogP contribution in [-0.4, -0.2) is 184 Å². The van der Waals surface area contributed by atoms with Gasteiger partial charge < -0.3 is 33.9 Å². The summed E-state index contributed by atoms with van der Waals surface area (Å²) in [7, 11) is 0. The average Bonchev–Trinajstić information content (AvgIpc) is 3.03. The largest absolute Gasteiger partial charge is 0.353 e. The van der Waals surface area contributed by atoms with E-state index in [4.69, 9.17) is 9.97 Å². The maximum absolute atomic E-state index is 12.6. The summed E-state index contributed by atoms with van der Waals surface area (Å²) in [5.41, 5.74) is 0.112. The minimum atomic E-state index is -0.216. The van der Waals surface area contributed by atoms with E-state index in [1.54, 1.807) is 0 Å². The minimum absolute atomic E-state index is 0.112. The Morgan fingerprint density at radius 2 is 1.21 bits per heavy atom. The molecule has 1 aromatic heterocycles. The first-order valence-corrected chi connectivity index (χ1v) is 17.1. The summed E-state index contributed by atoms with van der Waals surface area (Å²) in [5, 5.41) is 19.7. The van der Waals surface area contributed by atoms with Crippen LogP contribution < -0.4 is 20.4 Å². The van der Waals surface area contributed by atoms with Gasteiger partial charge in [-0.3, -0.25) is 15.0 Å². The van der Waals surface area contributed by atoms with Gasteiger partial charge in [-0.05, 0) is 19.9 Å².